The zero-order chi connectivity index (χ0) is 13.5. The van der Waals surface area contributed by atoms with E-state index >= 15 is 0 Å². The van der Waals surface area contributed by atoms with Crippen LogP contribution in [0.25, 0.3) is 0 Å². The van der Waals surface area contributed by atoms with E-state index in [2.05, 4.69) is 20.5 Å². The molecule has 2 rings (SSSR count). The van der Waals surface area contributed by atoms with Crippen LogP contribution in [-0.2, 0) is 17.9 Å². The zero-order valence-electron chi connectivity index (χ0n) is 10.9. The minimum Gasteiger partial charge on any atom is -0.353 e. The highest BCUT2D eigenvalue weighted by Crippen LogP contribution is 2.07. The van der Waals surface area contributed by atoms with Gasteiger partial charge >= 0.3 is 0 Å². The maximum Gasteiger partial charge on any atom is 0.241 e. The first-order valence-electron chi connectivity index (χ1n) is 6.44. The lowest BCUT2D eigenvalue weighted by molar-refractivity contribution is -0.121. The molecule has 7 nitrogen and oxygen atoms in total. The largest absolute Gasteiger partial charge is 0.353 e. The molecule has 1 aromatic rings. The van der Waals surface area contributed by atoms with Gasteiger partial charge in [-0.1, -0.05) is 5.21 Å². The van der Waals surface area contributed by atoms with Gasteiger partial charge in [0.2, 0.25) is 5.91 Å². The summed E-state index contributed by atoms with van der Waals surface area (Å²) in [6.45, 7) is 4.37. The number of thioether (sulfide) groups is 1. The number of amides is 1. The number of hydrogen-bond acceptors (Lipinski definition) is 6. The van der Waals surface area contributed by atoms with Crippen LogP contribution in [0.1, 0.15) is 5.69 Å². The van der Waals surface area contributed by atoms with Crippen molar-refractivity contribution >= 4 is 17.7 Å². The predicted molar refractivity (Wildman–Crippen MR) is 74.7 cm³/mol. The van der Waals surface area contributed by atoms with Crippen molar-refractivity contribution in [3.63, 3.8) is 0 Å². The van der Waals surface area contributed by atoms with Crippen molar-refractivity contribution in [2.75, 3.05) is 37.7 Å². The Hall–Kier alpha value is -1.12. The first-order valence-corrected chi connectivity index (χ1v) is 7.59. The third kappa shape index (κ3) is 4.81. The van der Waals surface area contributed by atoms with Gasteiger partial charge in [0, 0.05) is 44.2 Å². The van der Waals surface area contributed by atoms with Crippen molar-refractivity contribution in [2.24, 2.45) is 5.73 Å². The molecule has 0 bridgehead atoms. The molecule has 1 saturated heterocycles. The lowest BCUT2D eigenvalue weighted by Gasteiger charge is -2.25. The molecule has 1 amide bonds. The van der Waals surface area contributed by atoms with Gasteiger partial charge in [0.15, 0.2) is 0 Å². The number of nitrogens with two attached hydrogens (primary N) is 1. The maximum absolute atomic E-state index is 11.7. The first kappa shape index (κ1) is 14.3. The molecule has 8 heteroatoms. The summed E-state index contributed by atoms with van der Waals surface area (Å²) in [5.41, 5.74) is 6.13. The minimum atomic E-state index is -0.0418. The Balaban J connectivity index is 1.63. The van der Waals surface area contributed by atoms with Gasteiger partial charge in [-0.3, -0.25) is 9.69 Å². The molecule has 0 unspecified atom stereocenters. The second kappa shape index (κ2) is 7.46. The van der Waals surface area contributed by atoms with E-state index in [1.807, 2.05) is 11.8 Å². The van der Waals surface area contributed by atoms with E-state index in [1.165, 1.54) is 16.2 Å². The van der Waals surface area contributed by atoms with Gasteiger partial charge in [0.25, 0.3) is 0 Å². The summed E-state index contributed by atoms with van der Waals surface area (Å²) in [7, 11) is 0. The maximum atomic E-state index is 11.7. The van der Waals surface area contributed by atoms with Crippen molar-refractivity contribution < 1.29 is 4.79 Å². The van der Waals surface area contributed by atoms with Gasteiger partial charge in [-0.2, -0.15) is 11.8 Å². The molecule has 106 valence electrons. The van der Waals surface area contributed by atoms with Crippen LogP contribution in [0.2, 0.25) is 0 Å². The van der Waals surface area contributed by atoms with Crippen molar-refractivity contribution in [3.05, 3.63) is 11.9 Å². The quantitative estimate of drug-likeness (QED) is 0.689. The van der Waals surface area contributed by atoms with Gasteiger partial charge in [-0.15, -0.1) is 5.10 Å². The topological polar surface area (TPSA) is 89.1 Å². The molecule has 0 spiro atoms. The van der Waals surface area contributed by atoms with Crippen LogP contribution in [-0.4, -0.2) is 63.5 Å². The molecule has 0 saturated carbocycles. The Bertz CT molecular complexity index is 404. The summed E-state index contributed by atoms with van der Waals surface area (Å²) in [6, 6.07) is 0. The third-order valence-electron chi connectivity index (χ3n) is 2.95. The fraction of sp³-hybridized carbons (Fsp3) is 0.727. The molecular formula is C11H20N6OS. The number of aromatic nitrogens is 3. The molecule has 0 radical (unpaired) electrons. The standard InChI is InChI=1S/C11H20N6OS/c12-7-10-8-17(15-14-10)9-11(18)13-1-2-16-3-5-19-6-4-16/h8H,1-7,9,12H2,(H,13,18). The highest BCUT2D eigenvalue weighted by molar-refractivity contribution is 7.99. The summed E-state index contributed by atoms with van der Waals surface area (Å²) in [5.74, 6) is 2.34. The molecular weight excluding hydrogens is 264 g/mol. The van der Waals surface area contributed by atoms with E-state index in [-0.39, 0.29) is 12.5 Å². The predicted octanol–water partition coefficient (Wildman–Crippen LogP) is -1.10. The van der Waals surface area contributed by atoms with Crippen LogP contribution < -0.4 is 11.1 Å². The monoisotopic (exact) mass is 284 g/mol. The normalized spacial score (nSPS) is 16.5. The molecule has 19 heavy (non-hydrogen) atoms. The van der Waals surface area contributed by atoms with Crippen LogP contribution in [0, 0.1) is 0 Å². The van der Waals surface area contributed by atoms with Crippen molar-refractivity contribution in [2.45, 2.75) is 13.1 Å². The zero-order valence-corrected chi connectivity index (χ0v) is 11.7. The second-order valence-electron chi connectivity index (χ2n) is 4.42. The third-order valence-corrected chi connectivity index (χ3v) is 3.90. The number of nitrogens with zero attached hydrogens (tertiary/aromatic N) is 4. The number of carbonyl (C=O) groups is 1. The van der Waals surface area contributed by atoms with Crippen molar-refractivity contribution in [1.29, 1.82) is 0 Å². The molecule has 1 aromatic heterocycles. The SMILES string of the molecule is NCc1cn(CC(=O)NCCN2CCSCC2)nn1. The Kier molecular flexibility index (Phi) is 5.62. The van der Waals surface area contributed by atoms with Crippen LogP contribution >= 0.6 is 11.8 Å². The van der Waals surface area contributed by atoms with Crippen molar-refractivity contribution in [3.8, 4) is 0 Å². The number of nitrogens with one attached hydrogen (secondary N) is 1. The smallest absolute Gasteiger partial charge is 0.241 e. The van der Waals surface area contributed by atoms with Gasteiger partial charge in [-0.05, 0) is 0 Å². The van der Waals surface area contributed by atoms with Crippen LogP contribution in [0.4, 0.5) is 0 Å². The highest BCUT2D eigenvalue weighted by Gasteiger charge is 2.10. The van der Waals surface area contributed by atoms with E-state index in [1.54, 1.807) is 6.20 Å². The summed E-state index contributed by atoms with van der Waals surface area (Å²) in [5, 5.41) is 10.6. The summed E-state index contributed by atoms with van der Waals surface area (Å²) < 4.78 is 1.51. The number of rotatable bonds is 6. The average Bonchev–Trinajstić information content (AvgIpc) is 2.87. The number of carbonyl (C=O) groups excluding carboxylic acids is 1. The highest BCUT2D eigenvalue weighted by atomic mass is 32.2. The van der Waals surface area contributed by atoms with E-state index in [4.69, 9.17) is 5.73 Å². The summed E-state index contributed by atoms with van der Waals surface area (Å²) in [6.07, 6.45) is 1.70. The van der Waals surface area contributed by atoms with Gasteiger partial charge in [0.1, 0.15) is 6.54 Å². The molecule has 0 atom stereocenters. The van der Waals surface area contributed by atoms with Gasteiger partial charge in [-0.25, -0.2) is 4.68 Å². The lowest BCUT2D eigenvalue weighted by atomic mass is 10.4. The molecule has 1 aliphatic rings. The van der Waals surface area contributed by atoms with Crippen LogP contribution in [0.5, 0.6) is 0 Å². The lowest BCUT2D eigenvalue weighted by Crippen LogP contribution is -2.40. The minimum absolute atomic E-state index is 0.0418. The fourth-order valence-electron chi connectivity index (χ4n) is 1.89. The molecule has 3 N–H and O–H groups in total. The average molecular weight is 284 g/mol. The van der Waals surface area contributed by atoms with E-state index < -0.39 is 0 Å². The van der Waals surface area contributed by atoms with Crippen molar-refractivity contribution in [1.82, 2.24) is 25.2 Å². The Morgan fingerprint density at radius 3 is 2.95 bits per heavy atom. The summed E-state index contributed by atoms with van der Waals surface area (Å²) in [4.78, 5) is 14.1. The first-order chi connectivity index (χ1) is 9.28. The molecule has 0 aromatic carbocycles. The second-order valence-corrected chi connectivity index (χ2v) is 5.64. The Morgan fingerprint density at radius 2 is 2.26 bits per heavy atom. The Morgan fingerprint density at radius 1 is 1.47 bits per heavy atom. The summed E-state index contributed by atoms with van der Waals surface area (Å²) >= 11 is 1.99. The van der Waals surface area contributed by atoms with Gasteiger partial charge in [0.05, 0.1) is 11.9 Å². The molecule has 0 aliphatic carbocycles. The van der Waals surface area contributed by atoms with E-state index in [9.17, 15) is 4.79 Å². The van der Waals surface area contributed by atoms with E-state index in [0.29, 0.717) is 18.8 Å². The number of hydrogen-bond donors (Lipinski definition) is 2. The Labute approximate surface area is 116 Å². The molecule has 1 aliphatic heterocycles. The van der Waals surface area contributed by atoms with Crippen LogP contribution in [0.3, 0.4) is 0 Å². The van der Waals surface area contributed by atoms with E-state index in [0.717, 1.165) is 19.6 Å². The fourth-order valence-corrected chi connectivity index (χ4v) is 2.87. The molecule has 2 heterocycles. The molecule has 1 fully saturated rings. The van der Waals surface area contributed by atoms with Gasteiger partial charge < -0.3 is 11.1 Å². The van der Waals surface area contributed by atoms with Crippen LogP contribution in [0.15, 0.2) is 6.20 Å².